The van der Waals surface area contributed by atoms with Gasteiger partial charge in [0, 0.05) is 32.1 Å². The van der Waals surface area contributed by atoms with Gasteiger partial charge in [0.15, 0.2) is 0 Å². The largest absolute Gasteiger partial charge is 0.496 e. The number of amides is 1. The molecule has 1 unspecified atom stereocenters. The number of carbonyl (C=O) groups excluding carboxylic acids is 1. The van der Waals surface area contributed by atoms with Crippen LogP contribution in [0, 0.1) is 6.92 Å². The van der Waals surface area contributed by atoms with E-state index in [9.17, 15) is 13.2 Å². The normalized spacial score (nSPS) is 19.1. The van der Waals surface area contributed by atoms with Crippen LogP contribution in [0.2, 0.25) is 0 Å². The van der Waals surface area contributed by atoms with Crippen molar-refractivity contribution >= 4 is 15.9 Å². The van der Waals surface area contributed by atoms with Crippen LogP contribution in [-0.2, 0) is 14.8 Å². The highest BCUT2D eigenvalue weighted by Gasteiger charge is 2.27. The zero-order valence-corrected chi connectivity index (χ0v) is 15.3. The smallest absolute Gasteiger partial charge is 0.244 e. The molecule has 7 nitrogen and oxygen atoms in total. The van der Waals surface area contributed by atoms with Crippen LogP contribution in [0.5, 0.6) is 11.5 Å². The summed E-state index contributed by atoms with van der Waals surface area (Å²) in [5.41, 5.74) is 0.787. The van der Waals surface area contributed by atoms with E-state index in [0.29, 0.717) is 31.6 Å². The molecule has 0 radical (unpaired) electrons. The molecule has 2 rings (SSSR count). The summed E-state index contributed by atoms with van der Waals surface area (Å²) in [6, 6.07) is 2.81. The van der Waals surface area contributed by atoms with Crippen LogP contribution < -0.4 is 14.2 Å². The molecular weight excluding hydrogens is 332 g/mol. The number of hydrogen-bond donors (Lipinski definition) is 1. The van der Waals surface area contributed by atoms with Crippen LogP contribution in [0.3, 0.4) is 0 Å². The van der Waals surface area contributed by atoms with E-state index in [1.165, 1.54) is 20.3 Å². The average molecular weight is 356 g/mol. The first kappa shape index (κ1) is 18.5. The average Bonchev–Trinajstić information content (AvgIpc) is 2.69. The summed E-state index contributed by atoms with van der Waals surface area (Å²) in [6.07, 6.45) is 1.39. The molecule has 1 fully saturated rings. The molecule has 1 aliphatic rings. The molecule has 1 saturated heterocycles. The molecule has 1 heterocycles. The Kier molecular flexibility index (Phi) is 5.71. The second-order valence-electron chi connectivity index (χ2n) is 5.93. The first-order chi connectivity index (χ1) is 11.3. The highest BCUT2D eigenvalue weighted by molar-refractivity contribution is 7.89. The number of hydrogen-bond acceptors (Lipinski definition) is 5. The molecular formula is C16H24N2O5S. The van der Waals surface area contributed by atoms with Crippen molar-refractivity contribution < 1.29 is 22.7 Å². The van der Waals surface area contributed by atoms with Crippen molar-refractivity contribution in [2.75, 3.05) is 27.8 Å². The first-order valence-corrected chi connectivity index (χ1v) is 9.25. The number of ether oxygens (including phenoxy) is 2. The molecule has 0 aromatic heterocycles. The Morgan fingerprint density at radius 1 is 1.17 bits per heavy atom. The highest BCUT2D eigenvalue weighted by Crippen LogP contribution is 2.32. The predicted molar refractivity (Wildman–Crippen MR) is 89.9 cm³/mol. The van der Waals surface area contributed by atoms with Crippen LogP contribution in [-0.4, -0.2) is 53.1 Å². The fourth-order valence-electron chi connectivity index (χ4n) is 2.74. The van der Waals surface area contributed by atoms with Gasteiger partial charge in [-0.1, -0.05) is 0 Å². The molecule has 24 heavy (non-hydrogen) atoms. The van der Waals surface area contributed by atoms with Crippen molar-refractivity contribution in [1.29, 1.82) is 0 Å². The minimum absolute atomic E-state index is 0.0336. The highest BCUT2D eigenvalue weighted by atomic mass is 32.2. The number of aryl methyl sites for hydroxylation is 1. The van der Waals surface area contributed by atoms with Gasteiger partial charge in [-0.15, -0.1) is 0 Å². The molecule has 1 atom stereocenters. The Balaban J connectivity index is 2.28. The van der Waals surface area contributed by atoms with Gasteiger partial charge in [-0.3, -0.25) is 4.79 Å². The van der Waals surface area contributed by atoms with Gasteiger partial charge in [0.05, 0.1) is 14.2 Å². The molecule has 1 aromatic rings. The summed E-state index contributed by atoms with van der Waals surface area (Å²) in [5.74, 6) is 0.779. The van der Waals surface area contributed by atoms with Crippen LogP contribution in [0.15, 0.2) is 17.0 Å². The molecule has 0 spiro atoms. The van der Waals surface area contributed by atoms with E-state index in [2.05, 4.69) is 4.72 Å². The summed E-state index contributed by atoms with van der Waals surface area (Å²) in [7, 11) is 0.863. The number of rotatable bonds is 5. The molecule has 1 aliphatic heterocycles. The Labute approximate surface area is 143 Å². The third-order valence-electron chi connectivity index (χ3n) is 4.24. The van der Waals surface area contributed by atoms with Crippen molar-refractivity contribution in [3.8, 4) is 11.5 Å². The predicted octanol–water partition coefficient (Wildman–Crippen LogP) is 1.30. The number of nitrogens with zero attached hydrogens (tertiary/aromatic N) is 1. The van der Waals surface area contributed by atoms with Gasteiger partial charge >= 0.3 is 0 Å². The van der Waals surface area contributed by atoms with E-state index in [0.717, 1.165) is 5.56 Å². The van der Waals surface area contributed by atoms with E-state index in [-0.39, 0.29) is 22.6 Å². The fourth-order valence-corrected chi connectivity index (χ4v) is 4.21. The number of sulfonamides is 1. The minimum atomic E-state index is -3.79. The molecule has 134 valence electrons. The number of nitrogens with one attached hydrogen (secondary N) is 1. The summed E-state index contributed by atoms with van der Waals surface area (Å²) < 4.78 is 38.7. The Morgan fingerprint density at radius 2 is 1.83 bits per heavy atom. The molecule has 1 aromatic carbocycles. The van der Waals surface area contributed by atoms with E-state index in [1.807, 2.05) is 6.92 Å². The van der Waals surface area contributed by atoms with Gasteiger partial charge in [0.1, 0.15) is 16.4 Å². The number of benzene rings is 1. The standard InChI is InChI=1S/C16H24N2O5S/c1-11-9-14(23-4)15(10-13(11)22-3)24(20,21)17-12-5-6-16(19)18(2)8-7-12/h9-10,12,17H,5-8H2,1-4H3. The summed E-state index contributed by atoms with van der Waals surface area (Å²) in [5, 5.41) is 0. The lowest BCUT2D eigenvalue weighted by Gasteiger charge is -2.19. The topological polar surface area (TPSA) is 84.9 Å². The maximum Gasteiger partial charge on any atom is 0.244 e. The van der Waals surface area contributed by atoms with E-state index in [4.69, 9.17) is 9.47 Å². The van der Waals surface area contributed by atoms with Crippen LogP contribution in [0.4, 0.5) is 0 Å². The maximum absolute atomic E-state index is 12.8. The second-order valence-corrected chi connectivity index (χ2v) is 7.62. The lowest BCUT2D eigenvalue weighted by Crippen LogP contribution is -2.35. The molecule has 1 N–H and O–H groups in total. The molecule has 0 saturated carbocycles. The van der Waals surface area contributed by atoms with Gasteiger partial charge in [0.25, 0.3) is 0 Å². The first-order valence-electron chi connectivity index (χ1n) is 7.77. The lowest BCUT2D eigenvalue weighted by molar-refractivity contribution is -0.129. The zero-order valence-electron chi connectivity index (χ0n) is 14.5. The van der Waals surface area contributed by atoms with Crippen LogP contribution >= 0.6 is 0 Å². The van der Waals surface area contributed by atoms with E-state index in [1.54, 1.807) is 18.0 Å². The number of likely N-dealkylation sites (tertiary alicyclic amines) is 1. The van der Waals surface area contributed by atoms with Gasteiger partial charge in [-0.05, 0) is 31.4 Å². The van der Waals surface area contributed by atoms with E-state index >= 15 is 0 Å². The molecule has 0 bridgehead atoms. The van der Waals surface area contributed by atoms with Crippen LogP contribution in [0.25, 0.3) is 0 Å². The molecule has 0 aliphatic carbocycles. The van der Waals surface area contributed by atoms with Crippen molar-refractivity contribution in [2.45, 2.75) is 37.1 Å². The van der Waals surface area contributed by atoms with Crippen LogP contribution in [0.1, 0.15) is 24.8 Å². The number of carbonyl (C=O) groups is 1. The summed E-state index contributed by atoms with van der Waals surface area (Å²) >= 11 is 0. The maximum atomic E-state index is 12.8. The van der Waals surface area contributed by atoms with Gasteiger partial charge in [0.2, 0.25) is 15.9 Å². The van der Waals surface area contributed by atoms with Crippen molar-refractivity contribution in [3.05, 3.63) is 17.7 Å². The number of methoxy groups -OCH3 is 2. The SMILES string of the molecule is COc1cc(S(=O)(=O)NC2CCC(=O)N(C)CC2)c(OC)cc1C. The van der Waals surface area contributed by atoms with Gasteiger partial charge in [-0.25, -0.2) is 13.1 Å². The van der Waals surface area contributed by atoms with E-state index < -0.39 is 10.0 Å². The molecule has 8 heteroatoms. The third-order valence-corrected chi connectivity index (χ3v) is 5.78. The summed E-state index contributed by atoms with van der Waals surface area (Å²) in [6.45, 7) is 2.35. The third kappa shape index (κ3) is 3.99. The quantitative estimate of drug-likeness (QED) is 0.860. The van der Waals surface area contributed by atoms with Gasteiger partial charge < -0.3 is 14.4 Å². The lowest BCUT2D eigenvalue weighted by atomic mass is 10.1. The monoisotopic (exact) mass is 356 g/mol. The van der Waals surface area contributed by atoms with Gasteiger partial charge in [-0.2, -0.15) is 0 Å². The zero-order chi connectivity index (χ0) is 17.9. The minimum Gasteiger partial charge on any atom is -0.496 e. The Morgan fingerprint density at radius 3 is 2.46 bits per heavy atom. The van der Waals surface area contributed by atoms with Crippen molar-refractivity contribution in [3.63, 3.8) is 0 Å². The van der Waals surface area contributed by atoms with Crippen molar-refractivity contribution in [2.24, 2.45) is 0 Å². The Bertz CT molecular complexity index is 717. The fraction of sp³-hybridized carbons (Fsp3) is 0.562. The summed E-state index contributed by atoms with van der Waals surface area (Å²) in [4.78, 5) is 13.4. The van der Waals surface area contributed by atoms with Crippen molar-refractivity contribution in [1.82, 2.24) is 9.62 Å². The Hall–Kier alpha value is -1.80. The molecule has 1 amide bonds. The second kappa shape index (κ2) is 7.40.